The van der Waals surface area contributed by atoms with Gasteiger partial charge in [0, 0.05) is 6.61 Å². The Bertz CT molecular complexity index is 579. The largest absolute Gasteiger partial charge is 0.379 e. The van der Waals surface area contributed by atoms with Crippen molar-refractivity contribution in [2.45, 2.75) is 19.4 Å². The van der Waals surface area contributed by atoms with Gasteiger partial charge in [-0.2, -0.15) is 4.98 Å². The van der Waals surface area contributed by atoms with Crippen LogP contribution in [0.3, 0.4) is 0 Å². The highest BCUT2D eigenvalue weighted by molar-refractivity contribution is 5.54. The van der Waals surface area contributed by atoms with Crippen molar-refractivity contribution in [1.82, 2.24) is 10.1 Å². The average molecular weight is 283 g/mol. The highest BCUT2D eigenvalue weighted by atomic mass is 19.1. The number of benzene rings is 1. The van der Waals surface area contributed by atoms with Crippen molar-refractivity contribution in [3.8, 4) is 11.5 Å². The maximum absolute atomic E-state index is 13.6. The van der Waals surface area contributed by atoms with E-state index < -0.39 is 17.2 Å². The fourth-order valence-electron chi connectivity index (χ4n) is 1.64. The molecule has 2 aromatic rings. The average Bonchev–Trinajstić information content (AvgIpc) is 2.86. The van der Waals surface area contributed by atoms with Gasteiger partial charge < -0.3 is 15.0 Å². The van der Waals surface area contributed by atoms with Crippen LogP contribution < -0.4 is 5.73 Å². The van der Waals surface area contributed by atoms with Crippen molar-refractivity contribution in [3.05, 3.63) is 35.7 Å². The molecule has 0 amide bonds. The Morgan fingerprint density at radius 1 is 1.35 bits per heavy atom. The maximum Gasteiger partial charge on any atom is 0.263 e. The van der Waals surface area contributed by atoms with E-state index in [1.165, 1.54) is 6.07 Å². The van der Waals surface area contributed by atoms with Crippen LogP contribution in [0.5, 0.6) is 0 Å². The van der Waals surface area contributed by atoms with E-state index in [9.17, 15) is 8.78 Å². The van der Waals surface area contributed by atoms with Crippen molar-refractivity contribution in [1.29, 1.82) is 0 Å². The molecule has 0 saturated heterocycles. The van der Waals surface area contributed by atoms with E-state index in [0.717, 1.165) is 12.1 Å². The van der Waals surface area contributed by atoms with Gasteiger partial charge in [-0.25, -0.2) is 8.78 Å². The predicted octanol–water partition coefficient (Wildman–Crippen LogP) is 2.23. The van der Waals surface area contributed by atoms with Gasteiger partial charge in [0.25, 0.3) is 5.89 Å². The van der Waals surface area contributed by atoms with Gasteiger partial charge in [0.05, 0.1) is 6.61 Å². The zero-order chi connectivity index (χ0) is 14.8. The van der Waals surface area contributed by atoms with E-state index in [-0.39, 0.29) is 23.9 Å². The summed E-state index contributed by atoms with van der Waals surface area (Å²) in [6.07, 6.45) is 0. The van der Waals surface area contributed by atoms with E-state index in [2.05, 4.69) is 10.1 Å². The van der Waals surface area contributed by atoms with Crippen LogP contribution in [0.15, 0.2) is 22.7 Å². The van der Waals surface area contributed by atoms with Crippen LogP contribution >= 0.6 is 0 Å². The summed E-state index contributed by atoms with van der Waals surface area (Å²) in [5.74, 6) is -1.67. The van der Waals surface area contributed by atoms with Crippen LogP contribution in [0.25, 0.3) is 11.5 Å². The SMILES string of the molecule is CCOCC(C)(N)c1noc(-c2c(F)cccc2F)n1. The molecule has 1 aromatic carbocycles. The summed E-state index contributed by atoms with van der Waals surface area (Å²) in [5, 5.41) is 3.67. The summed E-state index contributed by atoms with van der Waals surface area (Å²) < 4.78 is 37.4. The Morgan fingerprint density at radius 3 is 2.60 bits per heavy atom. The van der Waals surface area contributed by atoms with E-state index in [1.54, 1.807) is 6.92 Å². The van der Waals surface area contributed by atoms with E-state index >= 15 is 0 Å². The van der Waals surface area contributed by atoms with Crippen molar-refractivity contribution in [3.63, 3.8) is 0 Å². The molecule has 0 fully saturated rings. The van der Waals surface area contributed by atoms with Gasteiger partial charge >= 0.3 is 0 Å². The van der Waals surface area contributed by atoms with Crippen LogP contribution in [0.1, 0.15) is 19.7 Å². The number of nitrogens with zero attached hydrogens (tertiary/aromatic N) is 2. The second-order valence-corrected chi connectivity index (χ2v) is 4.57. The summed E-state index contributed by atoms with van der Waals surface area (Å²) >= 11 is 0. The molecule has 0 spiro atoms. The lowest BCUT2D eigenvalue weighted by Crippen LogP contribution is -2.39. The monoisotopic (exact) mass is 283 g/mol. The Kier molecular flexibility index (Phi) is 4.10. The summed E-state index contributed by atoms with van der Waals surface area (Å²) in [6.45, 7) is 4.13. The molecule has 1 unspecified atom stereocenters. The Labute approximate surface area is 114 Å². The van der Waals surface area contributed by atoms with Crippen LogP contribution in [0.2, 0.25) is 0 Å². The zero-order valence-electron chi connectivity index (χ0n) is 11.2. The summed E-state index contributed by atoms with van der Waals surface area (Å²) in [6, 6.07) is 3.49. The molecule has 7 heteroatoms. The Morgan fingerprint density at radius 2 is 2.00 bits per heavy atom. The van der Waals surface area contributed by atoms with Gasteiger partial charge in [-0.15, -0.1) is 0 Å². The molecule has 0 aliphatic heterocycles. The molecule has 0 saturated carbocycles. The molecule has 0 bridgehead atoms. The minimum absolute atomic E-state index is 0.128. The van der Waals surface area contributed by atoms with Crippen LogP contribution in [0, 0.1) is 11.6 Å². The second-order valence-electron chi connectivity index (χ2n) is 4.57. The van der Waals surface area contributed by atoms with Crippen molar-refractivity contribution >= 4 is 0 Å². The van der Waals surface area contributed by atoms with Crippen LogP contribution in [-0.4, -0.2) is 23.4 Å². The van der Waals surface area contributed by atoms with Crippen molar-refractivity contribution < 1.29 is 18.0 Å². The van der Waals surface area contributed by atoms with E-state index in [4.69, 9.17) is 15.0 Å². The number of ether oxygens (including phenoxy) is 1. The number of hydrogen-bond donors (Lipinski definition) is 1. The van der Waals surface area contributed by atoms with E-state index in [0.29, 0.717) is 6.61 Å². The minimum Gasteiger partial charge on any atom is -0.379 e. The first-order valence-electron chi connectivity index (χ1n) is 6.11. The molecule has 5 nitrogen and oxygen atoms in total. The summed E-state index contributed by atoms with van der Waals surface area (Å²) in [4.78, 5) is 3.96. The fourth-order valence-corrected chi connectivity index (χ4v) is 1.64. The standard InChI is InChI=1S/C13H15F2N3O2/c1-3-19-7-13(2,16)12-17-11(20-18-12)10-8(14)5-4-6-9(10)15/h4-6H,3,7,16H2,1-2H3. The van der Waals surface area contributed by atoms with Gasteiger partial charge in [0.2, 0.25) is 0 Å². The van der Waals surface area contributed by atoms with Crippen LogP contribution in [-0.2, 0) is 10.3 Å². The number of hydrogen-bond acceptors (Lipinski definition) is 5. The molecule has 108 valence electrons. The molecule has 0 aliphatic carbocycles. The molecule has 2 rings (SSSR count). The molecule has 20 heavy (non-hydrogen) atoms. The Balaban J connectivity index is 2.34. The number of aromatic nitrogens is 2. The first kappa shape index (κ1) is 14.5. The summed E-state index contributed by atoms with van der Waals surface area (Å²) in [5.41, 5.74) is 4.63. The molecule has 1 aromatic heterocycles. The third-order valence-electron chi connectivity index (χ3n) is 2.72. The second kappa shape index (κ2) is 5.64. The number of halogens is 2. The Hall–Kier alpha value is -1.86. The molecule has 1 atom stereocenters. The fraction of sp³-hybridized carbons (Fsp3) is 0.385. The molecule has 0 aliphatic rings. The quantitative estimate of drug-likeness (QED) is 0.910. The third kappa shape index (κ3) is 2.83. The number of nitrogens with two attached hydrogens (primary N) is 1. The first-order chi connectivity index (χ1) is 9.45. The van der Waals surface area contributed by atoms with Crippen molar-refractivity contribution in [2.75, 3.05) is 13.2 Å². The molecule has 1 heterocycles. The lowest BCUT2D eigenvalue weighted by Gasteiger charge is -2.19. The first-order valence-corrected chi connectivity index (χ1v) is 6.11. The van der Waals surface area contributed by atoms with Gasteiger partial charge in [-0.3, -0.25) is 0 Å². The lowest BCUT2D eigenvalue weighted by atomic mass is 10.1. The maximum atomic E-state index is 13.6. The zero-order valence-corrected chi connectivity index (χ0v) is 11.2. The lowest BCUT2D eigenvalue weighted by molar-refractivity contribution is 0.0962. The minimum atomic E-state index is -1.00. The van der Waals surface area contributed by atoms with Gasteiger partial charge in [-0.05, 0) is 26.0 Å². The topological polar surface area (TPSA) is 74.2 Å². The smallest absolute Gasteiger partial charge is 0.263 e. The van der Waals surface area contributed by atoms with Gasteiger partial charge in [0.15, 0.2) is 5.82 Å². The third-order valence-corrected chi connectivity index (χ3v) is 2.72. The molecule has 0 radical (unpaired) electrons. The highest BCUT2D eigenvalue weighted by Gasteiger charge is 2.29. The molecule has 2 N–H and O–H groups in total. The van der Waals surface area contributed by atoms with Gasteiger partial charge in [-0.1, -0.05) is 11.2 Å². The van der Waals surface area contributed by atoms with Gasteiger partial charge in [0.1, 0.15) is 22.7 Å². The van der Waals surface area contributed by atoms with Crippen LogP contribution in [0.4, 0.5) is 8.78 Å². The summed E-state index contributed by atoms with van der Waals surface area (Å²) in [7, 11) is 0. The normalized spacial score (nSPS) is 14.2. The highest BCUT2D eigenvalue weighted by Crippen LogP contribution is 2.26. The van der Waals surface area contributed by atoms with E-state index in [1.807, 2.05) is 6.92 Å². The van der Waals surface area contributed by atoms with Crippen molar-refractivity contribution in [2.24, 2.45) is 5.73 Å². The number of rotatable bonds is 5. The predicted molar refractivity (Wildman–Crippen MR) is 67.7 cm³/mol. The molecular formula is C13H15F2N3O2. The molecular weight excluding hydrogens is 268 g/mol.